The Balaban J connectivity index is 2.19. The summed E-state index contributed by atoms with van der Waals surface area (Å²) in [5, 5.41) is 3.15. The van der Waals surface area contributed by atoms with Crippen LogP contribution in [0.3, 0.4) is 0 Å². The van der Waals surface area contributed by atoms with Crippen LogP contribution in [0.25, 0.3) is 0 Å². The number of anilines is 1. The van der Waals surface area contributed by atoms with E-state index in [2.05, 4.69) is 17.2 Å². The van der Waals surface area contributed by atoms with Gasteiger partial charge in [0.25, 0.3) is 0 Å². The normalized spacial score (nSPS) is 23.1. The second kappa shape index (κ2) is 6.50. The number of aromatic nitrogens is 1. The van der Waals surface area contributed by atoms with Crippen LogP contribution in [0.1, 0.15) is 32.3 Å². The molecule has 1 aromatic rings. The van der Waals surface area contributed by atoms with Gasteiger partial charge >= 0.3 is 0 Å². The number of halogens is 1. The SMILES string of the molecule is CCNCc1ccnc(N2CCCC(C)(OC)C2)c1F. The molecule has 1 unspecified atom stereocenters. The fraction of sp³-hybridized carbons (Fsp3) is 0.667. The molecule has 5 heteroatoms. The average Bonchev–Trinajstić information content (AvgIpc) is 2.46. The molecule has 0 spiro atoms. The fourth-order valence-corrected chi connectivity index (χ4v) is 2.64. The summed E-state index contributed by atoms with van der Waals surface area (Å²) in [6, 6.07) is 1.74. The van der Waals surface area contributed by atoms with Crippen molar-refractivity contribution in [3.8, 4) is 0 Å². The van der Waals surface area contributed by atoms with Crippen molar-refractivity contribution >= 4 is 5.82 Å². The van der Waals surface area contributed by atoms with Crippen molar-refractivity contribution in [2.24, 2.45) is 0 Å². The molecule has 1 aromatic heterocycles. The van der Waals surface area contributed by atoms with Crippen molar-refractivity contribution < 1.29 is 9.13 Å². The standard InChI is InChI=1S/C15H24FN3O/c1-4-17-10-12-6-8-18-14(13(12)16)19-9-5-7-15(2,11-19)20-3/h6,8,17H,4-5,7,9-11H2,1-3H3. The van der Waals surface area contributed by atoms with Gasteiger partial charge in [-0.15, -0.1) is 0 Å². The first-order valence-corrected chi connectivity index (χ1v) is 7.24. The maximum Gasteiger partial charge on any atom is 0.170 e. The van der Waals surface area contributed by atoms with Crippen molar-refractivity contribution in [3.05, 3.63) is 23.6 Å². The van der Waals surface area contributed by atoms with Crippen LogP contribution >= 0.6 is 0 Å². The Morgan fingerprint density at radius 3 is 3.05 bits per heavy atom. The molecule has 1 fully saturated rings. The average molecular weight is 281 g/mol. The Morgan fingerprint density at radius 1 is 1.55 bits per heavy atom. The Kier molecular flexibility index (Phi) is 4.94. The van der Waals surface area contributed by atoms with Crippen LogP contribution in [0.4, 0.5) is 10.2 Å². The monoisotopic (exact) mass is 281 g/mol. The van der Waals surface area contributed by atoms with E-state index in [-0.39, 0.29) is 11.4 Å². The van der Waals surface area contributed by atoms with Crippen LogP contribution in [0, 0.1) is 5.82 Å². The number of hydrogen-bond donors (Lipinski definition) is 1. The lowest BCUT2D eigenvalue weighted by atomic mass is 9.94. The minimum atomic E-state index is -0.218. The lowest BCUT2D eigenvalue weighted by Gasteiger charge is -2.40. The number of methoxy groups -OCH3 is 1. The molecular formula is C15H24FN3O. The van der Waals surface area contributed by atoms with Gasteiger partial charge in [-0.25, -0.2) is 9.37 Å². The number of nitrogens with one attached hydrogen (secondary N) is 1. The topological polar surface area (TPSA) is 37.4 Å². The van der Waals surface area contributed by atoms with E-state index in [1.165, 1.54) is 0 Å². The van der Waals surface area contributed by atoms with E-state index in [0.29, 0.717) is 24.5 Å². The molecule has 0 saturated carbocycles. The number of pyridine rings is 1. The van der Waals surface area contributed by atoms with Crippen molar-refractivity contribution in [3.63, 3.8) is 0 Å². The van der Waals surface area contributed by atoms with E-state index in [1.54, 1.807) is 19.4 Å². The number of rotatable bonds is 5. The molecule has 112 valence electrons. The third kappa shape index (κ3) is 3.27. The van der Waals surface area contributed by atoms with Crippen molar-refractivity contribution in [2.45, 2.75) is 38.8 Å². The predicted molar refractivity (Wildman–Crippen MR) is 78.4 cm³/mol. The third-order valence-corrected chi connectivity index (χ3v) is 3.97. The van der Waals surface area contributed by atoms with E-state index in [0.717, 1.165) is 25.9 Å². The van der Waals surface area contributed by atoms with E-state index >= 15 is 0 Å². The minimum Gasteiger partial charge on any atom is -0.377 e. The number of hydrogen-bond acceptors (Lipinski definition) is 4. The molecule has 0 aliphatic carbocycles. The van der Waals surface area contributed by atoms with Gasteiger partial charge in [0.15, 0.2) is 11.6 Å². The molecule has 4 nitrogen and oxygen atoms in total. The van der Waals surface area contributed by atoms with E-state index in [9.17, 15) is 4.39 Å². The smallest absolute Gasteiger partial charge is 0.170 e. The molecule has 2 rings (SSSR count). The lowest BCUT2D eigenvalue weighted by molar-refractivity contribution is -0.00494. The van der Waals surface area contributed by atoms with Gasteiger partial charge < -0.3 is 15.0 Å². The van der Waals surface area contributed by atoms with Crippen LogP contribution in [0.2, 0.25) is 0 Å². The molecule has 0 amide bonds. The molecule has 1 saturated heterocycles. The van der Waals surface area contributed by atoms with E-state index in [1.807, 2.05) is 11.8 Å². The van der Waals surface area contributed by atoms with Gasteiger partial charge in [0.05, 0.1) is 5.60 Å². The van der Waals surface area contributed by atoms with Crippen molar-refractivity contribution in [1.29, 1.82) is 0 Å². The molecule has 20 heavy (non-hydrogen) atoms. The second-order valence-electron chi connectivity index (χ2n) is 5.57. The quantitative estimate of drug-likeness (QED) is 0.899. The van der Waals surface area contributed by atoms with Gasteiger partial charge in [-0.3, -0.25) is 0 Å². The fourth-order valence-electron chi connectivity index (χ4n) is 2.64. The first-order valence-electron chi connectivity index (χ1n) is 7.24. The lowest BCUT2D eigenvalue weighted by Crippen LogP contribution is -2.48. The number of nitrogens with zero attached hydrogens (tertiary/aromatic N) is 2. The highest BCUT2D eigenvalue weighted by atomic mass is 19.1. The highest BCUT2D eigenvalue weighted by Crippen LogP contribution is 2.29. The Bertz CT molecular complexity index is 455. The zero-order valence-electron chi connectivity index (χ0n) is 12.6. The first kappa shape index (κ1) is 15.2. The molecule has 1 aliphatic heterocycles. The summed E-state index contributed by atoms with van der Waals surface area (Å²) < 4.78 is 20.1. The molecule has 1 aliphatic rings. The Morgan fingerprint density at radius 2 is 2.35 bits per heavy atom. The van der Waals surface area contributed by atoms with Gasteiger partial charge in [-0.1, -0.05) is 6.92 Å². The van der Waals surface area contributed by atoms with E-state index < -0.39 is 0 Å². The number of ether oxygens (including phenoxy) is 1. The summed E-state index contributed by atoms with van der Waals surface area (Å²) in [4.78, 5) is 6.24. The molecule has 0 aromatic carbocycles. The summed E-state index contributed by atoms with van der Waals surface area (Å²) in [7, 11) is 1.72. The maximum absolute atomic E-state index is 14.6. The predicted octanol–water partition coefficient (Wildman–Crippen LogP) is 2.34. The van der Waals surface area contributed by atoms with Crippen LogP contribution < -0.4 is 10.2 Å². The Hall–Kier alpha value is -1.20. The van der Waals surface area contributed by atoms with Gasteiger partial charge in [0.2, 0.25) is 0 Å². The molecule has 1 N–H and O–H groups in total. The zero-order valence-corrected chi connectivity index (χ0v) is 12.6. The molecule has 0 radical (unpaired) electrons. The first-order chi connectivity index (χ1) is 9.59. The van der Waals surface area contributed by atoms with Crippen LogP contribution in [-0.2, 0) is 11.3 Å². The van der Waals surface area contributed by atoms with Crippen LogP contribution in [0.15, 0.2) is 12.3 Å². The number of piperidine rings is 1. The van der Waals surface area contributed by atoms with Gasteiger partial charge in [-0.05, 0) is 32.4 Å². The maximum atomic E-state index is 14.6. The summed E-state index contributed by atoms with van der Waals surface area (Å²) in [5.74, 6) is 0.234. The van der Waals surface area contributed by atoms with Gasteiger partial charge in [-0.2, -0.15) is 0 Å². The van der Waals surface area contributed by atoms with Crippen LogP contribution in [0.5, 0.6) is 0 Å². The molecule has 2 heterocycles. The molecule has 0 bridgehead atoms. The largest absolute Gasteiger partial charge is 0.377 e. The minimum absolute atomic E-state index is 0.214. The zero-order chi connectivity index (χ0) is 14.6. The summed E-state index contributed by atoms with van der Waals surface area (Å²) in [6.07, 6.45) is 3.67. The van der Waals surface area contributed by atoms with Gasteiger partial charge in [0.1, 0.15) is 0 Å². The summed E-state index contributed by atoms with van der Waals surface area (Å²) in [6.45, 7) is 6.94. The molecule has 1 atom stereocenters. The van der Waals surface area contributed by atoms with E-state index in [4.69, 9.17) is 4.74 Å². The van der Waals surface area contributed by atoms with Crippen LogP contribution in [-0.4, -0.2) is 37.3 Å². The highest BCUT2D eigenvalue weighted by molar-refractivity contribution is 5.44. The summed E-state index contributed by atoms with van der Waals surface area (Å²) in [5.41, 5.74) is 0.450. The van der Waals surface area contributed by atoms with Crippen molar-refractivity contribution in [1.82, 2.24) is 10.3 Å². The molecular weight excluding hydrogens is 257 g/mol. The Labute approximate surface area is 120 Å². The van der Waals surface area contributed by atoms with Gasteiger partial charge in [0, 0.05) is 38.5 Å². The van der Waals surface area contributed by atoms with Crippen molar-refractivity contribution in [2.75, 3.05) is 31.6 Å². The highest BCUT2D eigenvalue weighted by Gasteiger charge is 2.32. The second-order valence-corrected chi connectivity index (χ2v) is 5.57. The summed E-state index contributed by atoms with van der Waals surface area (Å²) >= 11 is 0. The third-order valence-electron chi connectivity index (χ3n) is 3.97.